The van der Waals surface area contributed by atoms with Crippen molar-refractivity contribution in [2.45, 2.75) is 65.2 Å². The van der Waals surface area contributed by atoms with Crippen LogP contribution < -0.4 is 0 Å². The summed E-state index contributed by atoms with van der Waals surface area (Å²) < 4.78 is 3.38. The van der Waals surface area contributed by atoms with Gasteiger partial charge in [-0.1, -0.05) is 89.4 Å². The van der Waals surface area contributed by atoms with Gasteiger partial charge in [0.15, 0.2) is 0 Å². The van der Waals surface area contributed by atoms with E-state index in [0.717, 1.165) is 12.8 Å². The normalized spacial score (nSPS) is 10.5. The first-order valence-corrected chi connectivity index (χ1v) is 25.4. The summed E-state index contributed by atoms with van der Waals surface area (Å²) in [6.45, 7) is 20.7. The van der Waals surface area contributed by atoms with Crippen LogP contribution in [0, 0.1) is 13.0 Å². The Bertz CT molecular complexity index is 1280. The van der Waals surface area contributed by atoms with Gasteiger partial charge >= 0.3 is 40.0 Å². The van der Waals surface area contributed by atoms with E-state index in [1.807, 2.05) is 66.7 Å². The topological polar surface area (TPSA) is 0 Å². The van der Waals surface area contributed by atoms with Gasteiger partial charge in [-0.25, -0.2) is 12.1 Å². The smallest absolute Gasteiger partial charge is 0.171 e. The Hall–Kier alpha value is -2.06. The Morgan fingerprint density at radius 1 is 0.805 bits per heavy atom. The van der Waals surface area contributed by atoms with Crippen molar-refractivity contribution in [1.82, 2.24) is 0 Å². The second kappa shape index (κ2) is 19.2. The van der Waals surface area contributed by atoms with Gasteiger partial charge in [-0.15, -0.1) is 46.3 Å². The minimum atomic E-state index is -1.96. The number of hydrogen-bond donors (Lipinski definition) is 0. The van der Waals surface area contributed by atoms with Gasteiger partial charge in [0.1, 0.15) is 0 Å². The zero-order valence-corrected chi connectivity index (χ0v) is 30.8. The van der Waals surface area contributed by atoms with Crippen molar-refractivity contribution in [3.63, 3.8) is 0 Å². The number of unbranched alkanes of at least 4 members (excludes halogenated alkanes) is 1. The predicted octanol–water partition coefficient (Wildman–Crippen LogP) is 12.3. The average Bonchev–Trinajstić information content (AvgIpc) is 3.61. The molecule has 3 heteroatoms. The molecule has 0 aromatic heterocycles. The van der Waals surface area contributed by atoms with Gasteiger partial charge in [0.25, 0.3) is 0 Å². The van der Waals surface area contributed by atoms with Crippen LogP contribution >= 0.6 is 17.2 Å². The summed E-state index contributed by atoms with van der Waals surface area (Å²) in [6.07, 6.45) is 3.89. The monoisotopic (exact) mass is 752 g/mol. The number of halogens is 2. The molecule has 0 aliphatic heterocycles. The maximum atomic E-state index is 5.14. The fourth-order valence-electron chi connectivity index (χ4n) is 3.76. The summed E-state index contributed by atoms with van der Waals surface area (Å²) in [6, 6.07) is 38.7. The Morgan fingerprint density at radius 2 is 1.24 bits per heavy atom. The van der Waals surface area contributed by atoms with Crippen LogP contribution in [-0.4, -0.2) is 4.26 Å². The minimum absolute atomic E-state index is 0.203. The molecule has 5 aromatic rings. The largest absolute Gasteiger partial charge is 0.214 e. The number of hydrogen-bond acceptors (Lipinski definition) is 0. The Morgan fingerprint density at radius 3 is 1.46 bits per heavy atom. The second-order valence-electron chi connectivity index (χ2n) is 11.6. The van der Waals surface area contributed by atoms with E-state index >= 15 is 0 Å². The number of rotatable bonds is 2. The van der Waals surface area contributed by atoms with Crippen LogP contribution in [0.15, 0.2) is 116 Å². The van der Waals surface area contributed by atoms with Gasteiger partial charge in [-0.05, 0) is 10.8 Å². The van der Waals surface area contributed by atoms with Crippen LogP contribution in [0.5, 0.6) is 0 Å². The SMILES string of the molecule is C=CCC[CH2-].CC(C)(C)c1ccc2c(c1)[cH-]c1cc(C(C)(C)C)ccc12.[CH2]=[Hf]([Cl])[Cl].[c-]1ccccc1.c1cc[cH-]c1. The van der Waals surface area contributed by atoms with Crippen molar-refractivity contribution >= 4 is 43.0 Å². The van der Waals surface area contributed by atoms with Gasteiger partial charge in [0.2, 0.25) is 0 Å². The molecule has 0 fully saturated rings. The van der Waals surface area contributed by atoms with E-state index in [4.69, 9.17) is 17.2 Å². The molecule has 0 unspecified atom stereocenters. The van der Waals surface area contributed by atoms with E-state index in [1.165, 1.54) is 32.7 Å². The summed E-state index contributed by atoms with van der Waals surface area (Å²) in [5, 5.41) is 5.48. The van der Waals surface area contributed by atoms with Crippen LogP contribution in [0.2, 0.25) is 0 Å². The molecular formula is C38H46Cl2Hf-4. The van der Waals surface area contributed by atoms with Crippen molar-refractivity contribution in [2.75, 3.05) is 0 Å². The fourth-order valence-corrected chi connectivity index (χ4v) is 3.76. The molecule has 0 spiro atoms. The number of benzene rings is 3. The van der Waals surface area contributed by atoms with Gasteiger partial charge in [0.05, 0.1) is 0 Å². The second-order valence-corrected chi connectivity index (χ2v) is 23.0. The van der Waals surface area contributed by atoms with Crippen LogP contribution in [0.1, 0.15) is 65.5 Å². The van der Waals surface area contributed by atoms with E-state index in [-0.39, 0.29) is 10.8 Å². The maximum Gasteiger partial charge on any atom is -0.171 e. The minimum Gasteiger partial charge on any atom is -0.214 e. The van der Waals surface area contributed by atoms with E-state index in [9.17, 15) is 0 Å². The number of fused-ring (bicyclic) bond motifs is 3. The summed E-state index contributed by atoms with van der Waals surface area (Å²) in [4.78, 5) is 0. The summed E-state index contributed by atoms with van der Waals surface area (Å²) >= 11 is -1.96. The molecule has 0 heterocycles. The third-order valence-corrected chi connectivity index (χ3v) is 6.01. The quantitative estimate of drug-likeness (QED) is 0.0957. The zero-order chi connectivity index (χ0) is 30.9. The molecule has 0 amide bonds. The maximum absolute atomic E-state index is 5.14. The van der Waals surface area contributed by atoms with Gasteiger partial charge in [0, 0.05) is 0 Å². The third-order valence-electron chi connectivity index (χ3n) is 6.01. The predicted molar refractivity (Wildman–Crippen MR) is 185 cm³/mol. The molecule has 0 N–H and O–H groups in total. The van der Waals surface area contributed by atoms with Gasteiger partial charge in [-0.2, -0.15) is 61.0 Å². The first kappa shape index (κ1) is 37.0. The van der Waals surface area contributed by atoms with Gasteiger partial charge in [-0.3, -0.25) is 0 Å². The molecule has 0 aliphatic carbocycles. The molecule has 0 bridgehead atoms. The average molecular weight is 752 g/mol. The van der Waals surface area contributed by atoms with Crippen molar-refractivity contribution in [1.29, 1.82) is 0 Å². The Balaban J connectivity index is 0.000000339. The van der Waals surface area contributed by atoms with Crippen LogP contribution in [0.25, 0.3) is 21.5 Å². The van der Waals surface area contributed by atoms with Gasteiger partial charge < -0.3 is 6.92 Å². The Kier molecular flexibility index (Phi) is 17.3. The fraction of sp³-hybridized carbons (Fsp3) is 0.263. The van der Waals surface area contributed by atoms with E-state index < -0.39 is 18.6 Å². The molecule has 220 valence electrons. The van der Waals surface area contributed by atoms with Crippen LogP contribution in [0.4, 0.5) is 0 Å². The molecule has 0 aliphatic rings. The summed E-state index contributed by atoms with van der Waals surface area (Å²) in [5.74, 6) is 0. The van der Waals surface area contributed by atoms with E-state index in [0.29, 0.717) is 0 Å². The molecule has 5 aromatic carbocycles. The van der Waals surface area contributed by atoms with Crippen LogP contribution in [0.3, 0.4) is 0 Å². The Labute approximate surface area is 264 Å². The van der Waals surface area contributed by atoms with E-state index in [1.54, 1.807) is 0 Å². The molecular weight excluding hydrogens is 706 g/mol. The molecule has 0 saturated heterocycles. The van der Waals surface area contributed by atoms with Crippen molar-refractivity contribution in [3.05, 3.63) is 140 Å². The molecule has 5 rings (SSSR count). The standard InChI is InChI=1S/C21H25.C6H5.C5H5.C5H9.CH2.2ClH.Hf/c1-20(2,3)16-7-9-18-14(12-16)11-15-13-17(21(4,5)6)8-10-19(15)18;1-2-4-6-5-3-1;1-2-4-5-3-1;1-3-5-4-2;;;;/h7-13H,1-6H3;1-5H;1-5H;3H,1-2,4-5H2;1H2;2*1H;/q4*-1;;;;+2/p-2. The molecule has 0 radical (unpaired) electrons. The molecule has 41 heavy (non-hydrogen) atoms. The molecule has 0 nitrogen and oxygen atoms in total. The molecule has 0 atom stereocenters. The first-order chi connectivity index (χ1) is 19.3. The van der Waals surface area contributed by atoms with Crippen molar-refractivity contribution < 1.29 is 18.6 Å². The van der Waals surface area contributed by atoms with Crippen LogP contribution in [-0.2, 0) is 29.4 Å². The van der Waals surface area contributed by atoms with E-state index in [2.05, 4.69) is 108 Å². The number of allylic oxidation sites excluding steroid dienone is 1. The third kappa shape index (κ3) is 15.1. The first-order valence-electron chi connectivity index (χ1n) is 13.9. The van der Waals surface area contributed by atoms with Crippen molar-refractivity contribution in [3.8, 4) is 0 Å². The molecule has 0 saturated carbocycles. The zero-order valence-electron chi connectivity index (χ0n) is 25.7. The summed E-state index contributed by atoms with van der Waals surface area (Å²) in [5.41, 5.74) is 3.21. The summed E-state index contributed by atoms with van der Waals surface area (Å²) in [7, 11) is 10.3. The van der Waals surface area contributed by atoms with Crippen molar-refractivity contribution in [2.24, 2.45) is 0 Å².